The van der Waals surface area contributed by atoms with E-state index in [1.165, 1.54) is 0 Å². The number of amides is 1. The summed E-state index contributed by atoms with van der Waals surface area (Å²) in [5, 5.41) is 15.2. The zero-order valence-electron chi connectivity index (χ0n) is 18.8. The zero-order valence-corrected chi connectivity index (χ0v) is 19.6. The highest BCUT2D eigenvalue weighted by atomic mass is 32.2. The van der Waals surface area contributed by atoms with E-state index in [-0.39, 0.29) is 24.1 Å². The van der Waals surface area contributed by atoms with E-state index < -0.39 is 11.4 Å². The molecule has 1 aliphatic heterocycles. The van der Waals surface area contributed by atoms with Crippen LogP contribution in [0, 0.1) is 5.41 Å². The Hall–Kier alpha value is -3.34. The van der Waals surface area contributed by atoms with Crippen LogP contribution < -0.4 is 9.80 Å². The Labute approximate surface area is 200 Å². The van der Waals surface area contributed by atoms with Gasteiger partial charge in [-0.1, -0.05) is 43.3 Å². The molecule has 0 radical (unpaired) electrons. The van der Waals surface area contributed by atoms with Gasteiger partial charge in [0.15, 0.2) is 0 Å². The second-order valence-corrected chi connectivity index (χ2v) is 8.95. The summed E-state index contributed by atoms with van der Waals surface area (Å²) in [7, 11) is 0. The summed E-state index contributed by atoms with van der Waals surface area (Å²) in [6.07, 6.45) is 3.87. The molecule has 1 aromatic heterocycles. The van der Waals surface area contributed by atoms with Crippen molar-refractivity contribution in [3.63, 3.8) is 0 Å². The first-order valence-electron chi connectivity index (χ1n) is 11.0. The third-order valence-electron chi connectivity index (χ3n) is 5.93. The fraction of sp³-hybridized carbons (Fsp3) is 0.292. The molecule has 0 spiro atoms. The molecule has 0 aliphatic carbocycles. The molecule has 2 heterocycles. The molecule has 10 heteroatoms. The predicted molar refractivity (Wildman–Crippen MR) is 131 cm³/mol. The number of rotatable bonds is 9. The Morgan fingerprint density at radius 2 is 1.88 bits per heavy atom. The lowest BCUT2D eigenvalue weighted by molar-refractivity contribution is -0.112. The molecule has 4 rings (SSSR count). The normalized spacial score (nSPS) is 15.0. The topological polar surface area (TPSA) is 123 Å². The van der Waals surface area contributed by atoms with Gasteiger partial charge in [-0.05, 0) is 34.7 Å². The first-order chi connectivity index (χ1) is 16.4. The first kappa shape index (κ1) is 23.8. The molecular weight excluding hydrogens is 454 g/mol. The summed E-state index contributed by atoms with van der Waals surface area (Å²) in [4.78, 5) is 17.1. The van der Waals surface area contributed by atoms with Gasteiger partial charge in [0.1, 0.15) is 0 Å². The molecule has 1 amide bonds. The molecule has 9 nitrogen and oxygen atoms in total. The van der Waals surface area contributed by atoms with Crippen LogP contribution in [0.3, 0.4) is 0 Å². The van der Waals surface area contributed by atoms with Gasteiger partial charge >= 0.3 is 11.4 Å². The minimum atomic E-state index is -2.28. The summed E-state index contributed by atoms with van der Waals surface area (Å²) in [5.41, 5.74) is 4.69. The lowest BCUT2D eigenvalue weighted by Gasteiger charge is -2.38. The van der Waals surface area contributed by atoms with E-state index in [4.69, 9.17) is 14.1 Å². The molecule has 2 aromatic carbocycles. The number of H-pyrrole nitrogens is 1. The summed E-state index contributed by atoms with van der Waals surface area (Å²) in [5.74, 6) is -0.245. The standard InChI is InChI=1S/C24H27N5O4S/c1-17(20-13-26-27-14-20)12-21(25)24(30)29-11-10-28(22-4-2-3-5-23(22)29)15-18-6-8-19(9-7-18)16-33-34(31)32/h2-9,13-14,17,25H,10-12,15-16H2,1H3,(H,26,27)(H,31,32). The molecule has 3 aromatic rings. The molecule has 178 valence electrons. The monoisotopic (exact) mass is 481 g/mol. The van der Waals surface area contributed by atoms with Gasteiger partial charge in [-0.3, -0.25) is 24.0 Å². The third-order valence-corrected chi connectivity index (χ3v) is 6.25. The van der Waals surface area contributed by atoms with Crippen molar-refractivity contribution in [2.75, 3.05) is 22.9 Å². The molecule has 0 saturated heterocycles. The molecule has 3 N–H and O–H groups in total. The van der Waals surface area contributed by atoms with E-state index in [2.05, 4.69) is 15.1 Å². The molecule has 0 saturated carbocycles. The van der Waals surface area contributed by atoms with Crippen molar-refractivity contribution >= 4 is 34.4 Å². The van der Waals surface area contributed by atoms with Crippen LogP contribution in [-0.4, -0.2) is 43.7 Å². The number of aromatic nitrogens is 2. The van der Waals surface area contributed by atoms with Gasteiger partial charge < -0.3 is 9.80 Å². The number of nitrogens with one attached hydrogen (secondary N) is 2. The van der Waals surface area contributed by atoms with Crippen LogP contribution in [0.4, 0.5) is 11.4 Å². The predicted octanol–water partition coefficient (Wildman–Crippen LogP) is 3.63. The smallest absolute Gasteiger partial charge is 0.302 e. The van der Waals surface area contributed by atoms with E-state index >= 15 is 0 Å². The highest BCUT2D eigenvalue weighted by molar-refractivity contribution is 7.74. The number of hydrogen-bond donors (Lipinski definition) is 3. The summed E-state index contributed by atoms with van der Waals surface area (Å²) in [6, 6.07) is 15.4. The fourth-order valence-electron chi connectivity index (χ4n) is 4.08. The van der Waals surface area contributed by atoms with Crippen molar-refractivity contribution in [3.8, 4) is 0 Å². The van der Waals surface area contributed by atoms with Crippen LogP contribution in [-0.2, 0) is 33.5 Å². The van der Waals surface area contributed by atoms with Gasteiger partial charge in [0.25, 0.3) is 5.91 Å². The molecular formula is C24H27N5O4S. The second-order valence-electron chi connectivity index (χ2n) is 8.28. The van der Waals surface area contributed by atoms with Crippen molar-refractivity contribution in [3.05, 3.63) is 77.6 Å². The van der Waals surface area contributed by atoms with Gasteiger partial charge in [-0.2, -0.15) is 9.31 Å². The number of fused-ring (bicyclic) bond motifs is 1. The maximum atomic E-state index is 13.2. The van der Waals surface area contributed by atoms with Crippen molar-refractivity contribution < 1.29 is 17.7 Å². The lowest BCUT2D eigenvalue weighted by atomic mass is 9.97. The van der Waals surface area contributed by atoms with Crippen LogP contribution in [0.25, 0.3) is 0 Å². The summed E-state index contributed by atoms with van der Waals surface area (Å²) < 4.78 is 24.2. The fourth-order valence-corrected chi connectivity index (χ4v) is 4.32. The average molecular weight is 482 g/mol. The Morgan fingerprint density at radius 3 is 2.56 bits per heavy atom. The second kappa shape index (κ2) is 10.7. The quantitative estimate of drug-likeness (QED) is 0.317. The minimum absolute atomic E-state index is 0.0254. The molecule has 34 heavy (non-hydrogen) atoms. The zero-order chi connectivity index (χ0) is 24.1. The first-order valence-corrected chi connectivity index (χ1v) is 12.0. The Morgan fingerprint density at radius 1 is 1.18 bits per heavy atom. The number of benzene rings is 2. The molecule has 1 aliphatic rings. The van der Waals surface area contributed by atoms with E-state index in [1.807, 2.05) is 55.5 Å². The molecule has 2 atom stereocenters. The largest absolute Gasteiger partial charge is 0.364 e. The number of aromatic amines is 1. The maximum Gasteiger partial charge on any atom is 0.302 e. The molecule has 0 fully saturated rings. The van der Waals surface area contributed by atoms with Crippen molar-refractivity contribution in [1.29, 1.82) is 5.41 Å². The van der Waals surface area contributed by atoms with Gasteiger partial charge in [0.05, 0.1) is 29.9 Å². The number of hydrogen-bond acceptors (Lipinski definition) is 6. The van der Waals surface area contributed by atoms with E-state index in [0.717, 1.165) is 28.1 Å². The van der Waals surface area contributed by atoms with Crippen LogP contribution in [0.5, 0.6) is 0 Å². The minimum Gasteiger partial charge on any atom is -0.364 e. The molecule has 0 bridgehead atoms. The number of carbonyl (C=O) groups excluding carboxylic acids is 1. The van der Waals surface area contributed by atoms with E-state index in [0.29, 0.717) is 26.1 Å². The maximum absolute atomic E-state index is 13.2. The lowest BCUT2D eigenvalue weighted by Crippen LogP contribution is -2.46. The Bertz CT molecular complexity index is 1170. The Balaban J connectivity index is 1.44. The van der Waals surface area contributed by atoms with Gasteiger partial charge in [-0.15, -0.1) is 0 Å². The van der Waals surface area contributed by atoms with Crippen LogP contribution in [0.15, 0.2) is 60.9 Å². The van der Waals surface area contributed by atoms with Crippen molar-refractivity contribution in [1.82, 2.24) is 10.2 Å². The highest BCUT2D eigenvalue weighted by Crippen LogP contribution is 2.34. The number of carbonyl (C=O) groups is 1. The van der Waals surface area contributed by atoms with Gasteiger partial charge in [0.2, 0.25) is 0 Å². The van der Waals surface area contributed by atoms with Crippen LogP contribution in [0.2, 0.25) is 0 Å². The summed E-state index contributed by atoms with van der Waals surface area (Å²) in [6.45, 7) is 3.84. The third kappa shape index (κ3) is 5.58. The number of anilines is 2. The number of nitrogens with zero attached hydrogens (tertiary/aromatic N) is 3. The van der Waals surface area contributed by atoms with Crippen molar-refractivity contribution in [2.24, 2.45) is 0 Å². The average Bonchev–Trinajstić information content (AvgIpc) is 3.39. The van der Waals surface area contributed by atoms with Gasteiger partial charge in [0, 0.05) is 32.3 Å². The van der Waals surface area contributed by atoms with E-state index in [1.54, 1.807) is 17.3 Å². The van der Waals surface area contributed by atoms with Crippen LogP contribution in [0.1, 0.15) is 36.0 Å². The highest BCUT2D eigenvalue weighted by Gasteiger charge is 2.29. The van der Waals surface area contributed by atoms with Crippen molar-refractivity contribution in [2.45, 2.75) is 32.4 Å². The molecule has 2 unspecified atom stereocenters. The SMILES string of the molecule is CC(CC(=N)C(=O)N1CCN(Cc2ccc(COS(=O)O)cc2)c2ccccc21)c1cn[nH]c1. The number of para-hydroxylation sites is 2. The van der Waals surface area contributed by atoms with Gasteiger partial charge in [-0.25, -0.2) is 0 Å². The van der Waals surface area contributed by atoms with E-state index in [9.17, 15) is 9.00 Å². The Kier molecular flexibility index (Phi) is 7.51. The summed E-state index contributed by atoms with van der Waals surface area (Å²) >= 11 is -2.28. The van der Waals surface area contributed by atoms with Crippen LogP contribution >= 0.6 is 0 Å².